The number of benzene rings is 1. The summed E-state index contributed by atoms with van der Waals surface area (Å²) in [6.45, 7) is 13.1. The van der Waals surface area contributed by atoms with Crippen molar-refractivity contribution in [2.75, 3.05) is 52.9 Å². The summed E-state index contributed by atoms with van der Waals surface area (Å²) in [6.07, 6.45) is 1.22. The van der Waals surface area contributed by atoms with Crippen molar-refractivity contribution in [2.24, 2.45) is 35.1 Å². The van der Waals surface area contributed by atoms with Gasteiger partial charge in [-0.15, -0.1) is 0 Å². The Morgan fingerprint density at radius 1 is 0.800 bits per heavy atom. The molecule has 25 heteroatoms. The summed E-state index contributed by atoms with van der Waals surface area (Å²) < 4.78 is 11.9. The van der Waals surface area contributed by atoms with Crippen LogP contribution in [0.5, 0.6) is 0 Å². The van der Waals surface area contributed by atoms with E-state index in [4.69, 9.17) is 20.9 Å². The van der Waals surface area contributed by atoms with Gasteiger partial charge in [-0.1, -0.05) is 91.6 Å². The highest BCUT2D eigenvalue weighted by atomic mass is 32.2. The van der Waals surface area contributed by atoms with E-state index in [1.807, 2.05) is 19.9 Å². The highest BCUT2D eigenvalue weighted by molar-refractivity contribution is 8.21. The largest absolute Gasteiger partial charge is 0.480 e. The van der Waals surface area contributed by atoms with Gasteiger partial charge in [0.15, 0.2) is 0 Å². The van der Waals surface area contributed by atoms with E-state index in [1.54, 1.807) is 70.8 Å². The molecule has 2 aliphatic rings. The molecule has 0 bridgehead atoms. The zero-order valence-electron chi connectivity index (χ0n) is 48.1. The van der Waals surface area contributed by atoms with Crippen LogP contribution in [0.4, 0.5) is 0 Å². The molecule has 0 unspecified atom stereocenters. The number of nitrogens with zero attached hydrogens (tertiary/aromatic N) is 4. The number of hydrogen-bond acceptors (Lipinski definition) is 18. The molecule has 0 aromatic heterocycles. The second-order valence-electron chi connectivity index (χ2n) is 21.3. The molecule has 11 atom stereocenters. The lowest BCUT2D eigenvalue weighted by Crippen LogP contribution is -2.60. The first-order valence-electron chi connectivity index (χ1n) is 27.2. The monoisotopic (exact) mass is 1190 g/mol. The molecule has 2 heterocycles. The molecular formula is C55H86N8O13S4. The minimum absolute atomic E-state index is 0.00627. The predicted octanol–water partition coefficient (Wildman–Crippen LogP) is 3.52. The summed E-state index contributed by atoms with van der Waals surface area (Å²) in [7, 11) is 6.09. The van der Waals surface area contributed by atoms with Gasteiger partial charge in [-0.3, -0.25) is 48.1 Å². The van der Waals surface area contributed by atoms with Gasteiger partial charge in [-0.25, -0.2) is 4.79 Å². The maximum atomic E-state index is 14.7. The lowest BCUT2D eigenvalue weighted by molar-refractivity contribution is -0.149. The van der Waals surface area contributed by atoms with E-state index in [0.717, 1.165) is 10.5 Å². The molecule has 2 aliphatic heterocycles. The van der Waals surface area contributed by atoms with Gasteiger partial charge in [0.1, 0.15) is 27.9 Å². The molecule has 0 radical (unpaired) electrons. The summed E-state index contributed by atoms with van der Waals surface area (Å²) in [5.74, 6) is -6.59. The van der Waals surface area contributed by atoms with Crippen molar-refractivity contribution in [3.8, 4) is 0 Å². The fourth-order valence-electron chi connectivity index (χ4n) is 10.0. The Bertz CT molecular complexity index is 2320. The van der Waals surface area contributed by atoms with E-state index in [-0.39, 0.29) is 77.2 Å². The van der Waals surface area contributed by atoms with E-state index >= 15 is 0 Å². The summed E-state index contributed by atoms with van der Waals surface area (Å²) in [4.78, 5) is 140. The first-order chi connectivity index (χ1) is 37.7. The normalized spacial score (nSPS) is 18.5. The Hall–Kier alpha value is -4.50. The molecule has 7 amide bonds. The first kappa shape index (κ1) is 69.8. The highest BCUT2D eigenvalue weighted by Crippen LogP contribution is 2.38. The number of likely N-dealkylation sites (N-methyl/N-ethyl adjacent to an activating group) is 2. The van der Waals surface area contributed by atoms with Crippen molar-refractivity contribution in [3.63, 3.8) is 0 Å². The number of rotatable bonds is 33. The summed E-state index contributed by atoms with van der Waals surface area (Å²) in [5, 5.41) is 14.4. The fraction of sp³-hybridized carbons (Fsp3) is 0.673. The molecule has 0 aliphatic carbocycles. The second-order valence-corrected chi connectivity index (χ2v) is 24.0. The molecule has 0 spiro atoms. The molecule has 1 fully saturated rings. The van der Waals surface area contributed by atoms with E-state index in [2.05, 4.69) is 35.9 Å². The number of carboxylic acids is 1. The molecule has 21 nitrogen and oxygen atoms in total. The van der Waals surface area contributed by atoms with Crippen LogP contribution in [-0.2, 0) is 63.8 Å². The number of nitrogens with one attached hydrogen (secondary N) is 2. The third-order valence-corrected chi connectivity index (χ3v) is 17.9. The third kappa shape index (κ3) is 18.8. The zero-order valence-corrected chi connectivity index (χ0v) is 51.5. The molecular weight excluding hydrogens is 1110 g/mol. The van der Waals surface area contributed by atoms with Crippen LogP contribution < -0.4 is 22.1 Å². The molecule has 1 aromatic carbocycles. The quantitative estimate of drug-likeness (QED) is 0.0301. The summed E-state index contributed by atoms with van der Waals surface area (Å²) in [5.41, 5.74) is 12.4. The number of carbonyl (C=O) groups is 10. The van der Waals surface area contributed by atoms with Crippen LogP contribution in [0.25, 0.3) is 0 Å². The van der Waals surface area contributed by atoms with Gasteiger partial charge in [-0.05, 0) is 72.5 Å². The number of hydrogen-bond donors (Lipinski definition) is 7. The number of amides is 7. The van der Waals surface area contributed by atoms with Gasteiger partial charge >= 0.3 is 5.97 Å². The van der Waals surface area contributed by atoms with Crippen LogP contribution >= 0.6 is 48.8 Å². The van der Waals surface area contributed by atoms with E-state index in [9.17, 15) is 53.1 Å². The Labute approximate surface area is 491 Å². The van der Waals surface area contributed by atoms with Gasteiger partial charge in [-0.2, -0.15) is 25.3 Å². The van der Waals surface area contributed by atoms with Crippen LogP contribution in [0, 0.1) is 23.7 Å². The number of methoxy groups -OCH3 is 2. The Balaban J connectivity index is 1.70. The van der Waals surface area contributed by atoms with E-state index in [1.165, 1.54) is 31.1 Å². The van der Waals surface area contributed by atoms with Crippen LogP contribution in [0.15, 0.2) is 40.1 Å². The summed E-state index contributed by atoms with van der Waals surface area (Å²) in [6, 6.07) is 2.58. The maximum Gasteiger partial charge on any atom is 0.326 e. The number of thioether (sulfide) groups is 2. The lowest BCUT2D eigenvalue weighted by atomic mass is 9.89. The van der Waals surface area contributed by atoms with Crippen LogP contribution in [0.3, 0.4) is 0 Å². The standard InChI is InChI=1S/C55H86N8O13S4/c1-12-32(6)44(39(75-10)27-41(65)62-25-19-22-38(62)45(76-11)33(7)48(66)58-37(53(71)72)26-34-20-15-13-16-21-34)61(9)50(68)42(30(2)3)59-49(67)43(31(4)5)60(8)40(64)23-17-14-18-24-63-51(69)46(79-54(73)35(56)28-77)47(52(63)70)80-55(74)36(57)29-78/h13,15-16,20-21,30-33,35-39,42-45,77-78H,12,14,17-19,22-29,56-57H2,1-11H3,(H,58,66)(H,59,67)(H,71,72)/t32-,33-,35+,36+,37+,38+,39-,42+,43+,44+,45-/m1/s1. The second kappa shape index (κ2) is 33.6. The number of imide groups is 1. The summed E-state index contributed by atoms with van der Waals surface area (Å²) >= 11 is 9.05. The number of nitrogens with two attached hydrogens (primary N) is 2. The number of thiol groups is 2. The Kier molecular flexibility index (Phi) is 29.3. The molecule has 1 saturated heterocycles. The Morgan fingerprint density at radius 2 is 1.38 bits per heavy atom. The number of likely N-dealkylation sites (tertiary alicyclic amines) is 1. The fourth-order valence-corrected chi connectivity index (χ4v) is 12.5. The first-order valence-corrected chi connectivity index (χ1v) is 30.1. The van der Waals surface area contributed by atoms with Crippen molar-refractivity contribution in [1.82, 2.24) is 30.2 Å². The SMILES string of the molecule is CC[C@@H](C)[C@@H]([C@@H](CC(=O)N1CCC[C@H]1[C@H](OC)[C@@H](C)C(=O)N[C@@H](Cc1ccccc1)C(=O)O)OC)N(C)C(=O)[C@@H](NC(=O)[C@H](C(C)C)N(C)C(=O)CCCCCN1C(=O)C(SC(=O)[C@@H](N)CS)=C(SC(=O)[C@@H](N)CS)C1=O)C(C)C. The van der Waals surface area contributed by atoms with Crippen molar-refractivity contribution >= 4 is 106 Å². The maximum absolute atomic E-state index is 14.7. The van der Waals surface area contributed by atoms with Crippen molar-refractivity contribution in [1.29, 1.82) is 0 Å². The molecule has 448 valence electrons. The molecule has 7 N–H and O–H groups in total. The van der Waals surface area contributed by atoms with Crippen LogP contribution in [-0.4, -0.2) is 190 Å². The van der Waals surface area contributed by atoms with E-state index < -0.39 is 112 Å². The van der Waals surface area contributed by atoms with Gasteiger partial charge in [0.2, 0.25) is 39.8 Å². The van der Waals surface area contributed by atoms with Crippen LogP contribution in [0.1, 0.15) is 105 Å². The molecule has 80 heavy (non-hydrogen) atoms. The van der Waals surface area contributed by atoms with Gasteiger partial charge in [0.25, 0.3) is 11.8 Å². The van der Waals surface area contributed by atoms with Gasteiger partial charge < -0.3 is 51.4 Å². The molecule has 3 rings (SSSR count). The van der Waals surface area contributed by atoms with Crippen LogP contribution in [0.2, 0.25) is 0 Å². The number of ether oxygens (including phenoxy) is 2. The topological polar surface area (TPSA) is 298 Å². The predicted molar refractivity (Wildman–Crippen MR) is 315 cm³/mol. The number of carbonyl (C=O) groups excluding carboxylic acids is 9. The Morgan fingerprint density at radius 3 is 1.86 bits per heavy atom. The minimum Gasteiger partial charge on any atom is -0.480 e. The number of aliphatic carboxylic acids is 1. The molecule has 0 saturated carbocycles. The minimum atomic E-state index is -1.18. The van der Waals surface area contributed by atoms with Crippen molar-refractivity contribution in [2.45, 2.75) is 161 Å². The lowest BCUT2D eigenvalue weighted by Gasteiger charge is -2.41. The van der Waals surface area contributed by atoms with Crippen molar-refractivity contribution < 1.29 is 62.5 Å². The van der Waals surface area contributed by atoms with Gasteiger partial charge in [0.05, 0.1) is 48.7 Å². The average Bonchev–Trinajstić information content (AvgIpc) is 3.99. The smallest absolute Gasteiger partial charge is 0.326 e. The number of carboxylic acid groups (broad SMARTS) is 1. The van der Waals surface area contributed by atoms with Crippen molar-refractivity contribution in [3.05, 3.63) is 45.7 Å². The van der Waals surface area contributed by atoms with Gasteiger partial charge in [0, 0.05) is 65.8 Å². The molecule has 1 aromatic rings. The third-order valence-electron chi connectivity index (χ3n) is 14.9. The average molecular weight is 1200 g/mol. The van der Waals surface area contributed by atoms with E-state index in [0.29, 0.717) is 62.2 Å². The number of unbranched alkanes of at least 4 members (excludes halogenated alkanes) is 2. The zero-order chi connectivity index (χ0) is 60.3. The highest BCUT2D eigenvalue weighted by Gasteiger charge is 2.45.